The fourth-order valence-corrected chi connectivity index (χ4v) is 4.65. The van der Waals surface area contributed by atoms with Gasteiger partial charge in [-0.3, -0.25) is 9.59 Å². The Morgan fingerprint density at radius 3 is 2.86 bits per heavy atom. The zero-order chi connectivity index (χ0) is 15.7. The number of thiophene rings is 1. The number of nitrogens with zero attached hydrogens (tertiary/aromatic N) is 1. The highest BCUT2D eigenvalue weighted by atomic mass is 32.1. The van der Waals surface area contributed by atoms with Gasteiger partial charge in [0.05, 0.1) is 11.5 Å². The van der Waals surface area contributed by atoms with E-state index in [2.05, 4.69) is 0 Å². The molecule has 0 saturated carbocycles. The van der Waals surface area contributed by atoms with Crippen LogP contribution in [0.2, 0.25) is 0 Å². The maximum absolute atomic E-state index is 12.7. The molecule has 3 rings (SSSR count). The van der Waals surface area contributed by atoms with Crippen molar-refractivity contribution < 1.29 is 19.4 Å². The fourth-order valence-electron chi connectivity index (χ4n) is 3.43. The van der Waals surface area contributed by atoms with Crippen molar-refractivity contribution in [2.45, 2.75) is 32.1 Å². The van der Waals surface area contributed by atoms with Gasteiger partial charge in [-0.25, -0.2) is 0 Å². The minimum Gasteiger partial charge on any atom is -0.481 e. The molecule has 1 aliphatic carbocycles. The van der Waals surface area contributed by atoms with E-state index in [4.69, 9.17) is 4.74 Å². The Balaban J connectivity index is 1.76. The summed E-state index contributed by atoms with van der Waals surface area (Å²) in [6, 6.07) is 2.01. The Kier molecular flexibility index (Phi) is 4.23. The summed E-state index contributed by atoms with van der Waals surface area (Å²) in [5.74, 6) is -0.909. The molecule has 1 unspecified atom stereocenters. The highest BCUT2D eigenvalue weighted by Crippen LogP contribution is 2.35. The van der Waals surface area contributed by atoms with Gasteiger partial charge in [-0.1, -0.05) is 0 Å². The lowest BCUT2D eigenvalue weighted by Gasteiger charge is -2.23. The van der Waals surface area contributed by atoms with Crippen molar-refractivity contribution in [1.82, 2.24) is 4.90 Å². The SMILES string of the molecule is COCC1(C(=O)O)CCN(C(=O)c2cc3c(s2)CCCC3)C1. The Labute approximate surface area is 133 Å². The average molecular weight is 323 g/mol. The van der Waals surface area contributed by atoms with Gasteiger partial charge in [0.2, 0.25) is 0 Å². The van der Waals surface area contributed by atoms with E-state index in [0.29, 0.717) is 13.0 Å². The van der Waals surface area contributed by atoms with Crippen LogP contribution in [0.5, 0.6) is 0 Å². The van der Waals surface area contributed by atoms with Crippen molar-refractivity contribution in [3.8, 4) is 0 Å². The topological polar surface area (TPSA) is 66.8 Å². The highest BCUT2D eigenvalue weighted by molar-refractivity contribution is 7.14. The van der Waals surface area contributed by atoms with Crippen molar-refractivity contribution >= 4 is 23.2 Å². The van der Waals surface area contributed by atoms with Crippen LogP contribution in [0.4, 0.5) is 0 Å². The largest absolute Gasteiger partial charge is 0.481 e. The maximum atomic E-state index is 12.7. The molecule has 6 heteroatoms. The summed E-state index contributed by atoms with van der Waals surface area (Å²) >= 11 is 1.58. The number of amides is 1. The summed E-state index contributed by atoms with van der Waals surface area (Å²) in [7, 11) is 1.50. The number of carbonyl (C=O) groups is 2. The zero-order valence-electron chi connectivity index (χ0n) is 12.8. The second kappa shape index (κ2) is 6.01. The predicted octanol–water partition coefficient (Wildman–Crippen LogP) is 2.19. The molecule has 2 aliphatic rings. The first-order valence-corrected chi connectivity index (χ1v) is 8.50. The standard InChI is InChI=1S/C16H21NO4S/c1-21-10-16(15(19)20)6-7-17(9-16)14(18)13-8-11-4-2-3-5-12(11)22-13/h8H,2-7,9-10H2,1H3,(H,19,20). The van der Waals surface area contributed by atoms with E-state index in [1.54, 1.807) is 16.2 Å². The molecule has 1 N–H and O–H groups in total. The van der Waals surface area contributed by atoms with Gasteiger partial charge < -0.3 is 14.7 Å². The maximum Gasteiger partial charge on any atom is 0.313 e. The Morgan fingerprint density at radius 1 is 1.41 bits per heavy atom. The number of rotatable bonds is 4. The molecule has 1 saturated heterocycles. The number of aryl methyl sites for hydroxylation is 2. The van der Waals surface area contributed by atoms with Gasteiger partial charge in [0.25, 0.3) is 5.91 Å². The molecule has 0 spiro atoms. The van der Waals surface area contributed by atoms with Crippen molar-refractivity contribution in [3.05, 3.63) is 21.4 Å². The molecule has 1 aromatic heterocycles. The third-order valence-corrected chi connectivity index (χ3v) is 5.95. The number of aliphatic carboxylic acids is 1. The minimum absolute atomic E-state index is 0.0290. The molecule has 0 bridgehead atoms. The van der Waals surface area contributed by atoms with E-state index in [1.165, 1.54) is 30.4 Å². The van der Waals surface area contributed by atoms with Crippen molar-refractivity contribution in [3.63, 3.8) is 0 Å². The lowest BCUT2D eigenvalue weighted by molar-refractivity contribution is -0.151. The lowest BCUT2D eigenvalue weighted by atomic mass is 9.88. The smallest absolute Gasteiger partial charge is 0.313 e. The Hall–Kier alpha value is -1.40. The van der Waals surface area contributed by atoms with E-state index < -0.39 is 11.4 Å². The first-order chi connectivity index (χ1) is 10.6. The van der Waals surface area contributed by atoms with Gasteiger partial charge in [0.1, 0.15) is 5.41 Å². The molecular weight excluding hydrogens is 302 g/mol. The van der Waals surface area contributed by atoms with E-state index in [-0.39, 0.29) is 19.1 Å². The van der Waals surface area contributed by atoms with Gasteiger partial charge in [0.15, 0.2) is 0 Å². The number of fused-ring (bicyclic) bond motifs is 1. The fraction of sp³-hybridized carbons (Fsp3) is 0.625. The van der Waals surface area contributed by atoms with Gasteiger partial charge in [-0.05, 0) is 43.7 Å². The van der Waals surface area contributed by atoms with Crippen molar-refractivity contribution in [2.75, 3.05) is 26.8 Å². The summed E-state index contributed by atoms with van der Waals surface area (Å²) in [5, 5.41) is 9.48. The van der Waals surface area contributed by atoms with Crippen molar-refractivity contribution in [1.29, 1.82) is 0 Å². The molecule has 5 nitrogen and oxygen atoms in total. The van der Waals surface area contributed by atoms with Gasteiger partial charge in [-0.2, -0.15) is 0 Å². The van der Waals surface area contributed by atoms with Crippen LogP contribution in [-0.4, -0.2) is 48.7 Å². The van der Waals surface area contributed by atoms with Gasteiger partial charge in [-0.15, -0.1) is 11.3 Å². The van der Waals surface area contributed by atoms with Gasteiger partial charge in [0, 0.05) is 25.1 Å². The quantitative estimate of drug-likeness (QED) is 0.922. The van der Waals surface area contributed by atoms with Crippen LogP contribution < -0.4 is 0 Å². The van der Waals surface area contributed by atoms with Crippen LogP contribution in [-0.2, 0) is 22.4 Å². The summed E-state index contributed by atoms with van der Waals surface area (Å²) < 4.78 is 5.07. The molecule has 1 aromatic rings. The number of carboxylic acid groups (broad SMARTS) is 1. The van der Waals surface area contributed by atoms with Crippen LogP contribution in [0.1, 0.15) is 39.4 Å². The number of carbonyl (C=O) groups excluding carboxylic acids is 1. The number of carboxylic acids is 1. The van der Waals surface area contributed by atoms with Crippen LogP contribution >= 0.6 is 11.3 Å². The second-order valence-electron chi connectivity index (χ2n) is 6.26. The van der Waals surface area contributed by atoms with E-state index in [9.17, 15) is 14.7 Å². The molecule has 1 fully saturated rings. The number of likely N-dealkylation sites (tertiary alicyclic amines) is 1. The summed E-state index contributed by atoms with van der Waals surface area (Å²) in [5.41, 5.74) is 0.349. The minimum atomic E-state index is -0.957. The normalized spacial score (nSPS) is 24.3. The molecule has 22 heavy (non-hydrogen) atoms. The monoisotopic (exact) mass is 323 g/mol. The molecule has 0 aromatic carbocycles. The Morgan fingerprint density at radius 2 is 2.18 bits per heavy atom. The average Bonchev–Trinajstić information content (AvgIpc) is 3.11. The van der Waals surface area contributed by atoms with Crippen LogP contribution in [0.15, 0.2) is 6.07 Å². The van der Waals surface area contributed by atoms with E-state index in [1.807, 2.05) is 6.07 Å². The van der Waals surface area contributed by atoms with E-state index in [0.717, 1.165) is 17.7 Å². The van der Waals surface area contributed by atoms with Crippen molar-refractivity contribution in [2.24, 2.45) is 5.41 Å². The molecule has 0 radical (unpaired) electrons. The third kappa shape index (κ3) is 2.65. The lowest BCUT2D eigenvalue weighted by Crippen LogP contribution is -2.40. The predicted molar refractivity (Wildman–Crippen MR) is 83.4 cm³/mol. The Bertz CT molecular complexity index is 573. The second-order valence-corrected chi connectivity index (χ2v) is 7.40. The third-order valence-electron chi connectivity index (χ3n) is 4.72. The van der Waals surface area contributed by atoms with Crippen LogP contribution in [0, 0.1) is 5.41 Å². The molecule has 2 heterocycles. The first-order valence-electron chi connectivity index (χ1n) is 7.69. The molecule has 1 aliphatic heterocycles. The zero-order valence-corrected chi connectivity index (χ0v) is 13.6. The first kappa shape index (κ1) is 15.5. The number of hydrogen-bond acceptors (Lipinski definition) is 4. The van der Waals surface area contributed by atoms with Crippen LogP contribution in [0.3, 0.4) is 0 Å². The molecule has 120 valence electrons. The molecular formula is C16H21NO4S. The summed E-state index contributed by atoms with van der Waals surface area (Å²) in [4.78, 5) is 28.0. The summed E-state index contributed by atoms with van der Waals surface area (Å²) in [6.45, 7) is 0.863. The van der Waals surface area contributed by atoms with Crippen LogP contribution in [0.25, 0.3) is 0 Å². The molecule has 1 amide bonds. The summed E-state index contributed by atoms with van der Waals surface area (Å²) in [6.07, 6.45) is 4.96. The number of hydrogen-bond donors (Lipinski definition) is 1. The highest BCUT2D eigenvalue weighted by Gasteiger charge is 2.46. The number of methoxy groups -OCH3 is 1. The van der Waals surface area contributed by atoms with Gasteiger partial charge >= 0.3 is 5.97 Å². The number of ether oxygens (including phenoxy) is 1. The van der Waals surface area contributed by atoms with E-state index >= 15 is 0 Å². The molecule has 1 atom stereocenters.